The van der Waals surface area contributed by atoms with Gasteiger partial charge in [-0.3, -0.25) is 9.59 Å². The number of benzene rings is 3. The molecule has 0 unspecified atom stereocenters. The van der Waals surface area contributed by atoms with E-state index in [-0.39, 0.29) is 6.04 Å². The SMILES string of the molecule is Cc1cc(C)c([C@H](C)NC(=O)C(=O)Nc2cccc3ccccc23)cc1C. The predicted octanol–water partition coefficient (Wildman–Crippen LogP) is 4.58. The molecule has 1 atom stereocenters. The molecule has 3 aromatic carbocycles. The number of fused-ring (bicyclic) bond motifs is 1. The van der Waals surface area contributed by atoms with Crippen LogP contribution in [0.3, 0.4) is 0 Å². The highest BCUT2D eigenvalue weighted by atomic mass is 16.2. The Morgan fingerprint density at radius 1 is 0.815 bits per heavy atom. The summed E-state index contributed by atoms with van der Waals surface area (Å²) in [6.45, 7) is 8.01. The van der Waals surface area contributed by atoms with Gasteiger partial charge in [-0.05, 0) is 61.4 Å². The Morgan fingerprint density at radius 3 is 2.26 bits per heavy atom. The first-order valence-electron chi connectivity index (χ1n) is 9.04. The number of anilines is 1. The van der Waals surface area contributed by atoms with Crippen LogP contribution in [0.4, 0.5) is 5.69 Å². The third-order valence-electron chi connectivity index (χ3n) is 4.94. The van der Waals surface area contributed by atoms with Gasteiger partial charge < -0.3 is 10.6 Å². The molecule has 0 saturated heterocycles. The average molecular weight is 360 g/mol. The summed E-state index contributed by atoms with van der Waals surface area (Å²) >= 11 is 0. The predicted molar refractivity (Wildman–Crippen MR) is 110 cm³/mol. The van der Waals surface area contributed by atoms with Gasteiger partial charge in [0, 0.05) is 11.1 Å². The Kier molecular flexibility index (Phi) is 5.26. The number of amides is 2. The Labute approximate surface area is 159 Å². The lowest BCUT2D eigenvalue weighted by molar-refractivity contribution is -0.136. The van der Waals surface area contributed by atoms with Crippen molar-refractivity contribution in [1.82, 2.24) is 5.32 Å². The van der Waals surface area contributed by atoms with E-state index in [4.69, 9.17) is 0 Å². The molecule has 0 fully saturated rings. The third-order valence-corrected chi connectivity index (χ3v) is 4.94. The molecule has 0 aromatic heterocycles. The molecule has 0 aliphatic carbocycles. The van der Waals surface area contributed by atoms with Crippen molar-refractivity contribution in [2.75, 3.05) is 5.32 Å². The minimum atomic E-state index is -0.667. The summed E-state index contributed by atoms with van der Waals surface area (Å²) in [6.07, 6.45) is 0. The summed E-state index contributed by atoms with van der Waals surface area (Å²) < 4.78 is 0. The topological polar surface area (TPSA) is 58.2 Å². The zero-order valence-electron chi connectivity index (χ0n) is 16.1. The van der Waals surface area contributed by atoms with Gasteiger partial charge in [0.2, 0.25) is 0 Å². The molecule has 0 heterocycles. The molecule has 2 N–H and O–H groups in total. The highest BCUT2D eigenvalue weighted by molar-refractivity contribution is 6.40. The van der Waals surface area contributed by atoms with Crippen LogP contribution < -0.4 is 10.6 Å². The van der Waals surface area contributed by atoms with Crippen molar-refractivity contribution in [2.24, 2.45) is 0 Å². The second-order valence-electron chi connectivity index (χ2n) is 6.97. The Balaban J connectivity index is 1.74. The first-order chi connectivity index (χ1) is 12.9. The number of aryl methyl sites for hydroxylation is 3. The largest absolute Gasteiger partial charge is 0.341 e. The zero-order chi connectivity index (χ0) is 19.6. The van der Waals surface area contributed by atoms with E-state index in [1.165, 1.54) is 5.56 Å². The van der Waals surface area contributed by atoms with Crippen molar-refractivity contribution < 1.29 is 9.59 Å². The number of carbonyl (C=O) groups is 2. The van der Waals surface area contributed by atoms with E-state index < -0.39 is 11.8 Å². The maximum Gasteiger partial charge on any atom is 0.313 e. The van der Waals surface area contributed by atoms with Crippen molar-refractivity contribution in [1.29, 1.82) is 0 Å². The molecule has 138 valence electrons. The third kappa shape index (κ3) is 4.00. The van der Waals surface area contributed by atoms with E-state index in [0.29, 0.717) is 5.69 Å². The molecule has 0 radical (unpaired) electrons. The van der Waals surface area contributed by atoms with Gasteiger partial charge in [0.25, 0.3) is 0 Å². The Bertz CT molecular complexity index is 1020. The molecule has 0 aliphatic rings. The first-order valence-corrected chi connectivity index (χ1v) is 9.04. The highest BCUT2D eigenvalue weighted by Gasteiger charge is 2.19. The number of nitrogens with one attached hydrogen (secondary N) is 2. The minimum Gasteiger partial charge on any atom is -0.341 e. The van der Waals surface area contributed by atoms with Crippen LogP contribution in [-0.2, 0) is 9.59 Å². The number of hydrogen-bond donors (Lipinski definition) is 2. The standard InChI is InChI=1S/C23H24N2O2/c1-14-12-16(3)20(13-15(14)2)17(4)24-22(26)23(27)25-21-11-7-9-18-8-5-6-10-19(18)21/h5-13,17H,1-4H3,(H,24,26)(H,25,27)/t17-/m0/s1. The van der Waals surface area contributed by atoms with Crippen molar-refractivity contribution in [3.05, 3.63) is 76.9 Å². The second-order valence-corrected chi connectivity index (χ2v) is 6.97. The van der Waals surface area contributed by atoms with E-state index in [1.54, 1.807) is 6.07 Å². The molecule has 0 saturated carbocycles. The number of rotatable bonds is 3. The fourth-order valence-corrected chi connectivity index (χ4v) is 3.30. The molecule has 2 amide bonds. The Hall–Kier alpha value is -3.14. The van der Waals surface area contributed by atoms with Gasteiger partial charge in [-0.2, -0.15) is 0 Å². The molecule has 4 nitrogen and oxygen atoms in total. The molecule has 0 spiro atoms. The normalized spacial score (nSPS) is 11.9. The molecule has 0 bridgehead atoms. The van der Waals surface area contributed by atoms with E-state index >= 15 is 0 Å². The molecule has 27 heavy (non-hydrogen) atoms. The van der Waals surface area contributed by atoms with Crippen LogP contribution >= 0.6 is 0 Å². The zero-order valence-corrected chi connectivity index (χ0v) is 16.1. The van der Waals surface area contributed by atoms with Crippen LogP contribution in [0, 0.1) is 20.8 Å². The van der Waals surface area contributed by atoms with Crippen molar-refractivity contribution in [3.63, 3.8) is 0 Å². The number of hydrogen-bond acceptors (Lipinski definition) is 2. The maximum atomic E-state index is 12.4. The highest BCUT2D eigenvalue weighted by Crippen LogP contribution is 2.24. The van der Waals surface area contributed by atoms with Crippen molar-refractivity contribution >= 4 is 28.3 Å². The molecule has 4 heteroatoms. The van der Waals surface area contributed by atoms with E-state index in [1.807, 2.05) is 57.2 Å². The Morgan fingerprint density at radius 2 is 1.48 bits per heavy atom. The monoisotopic (exact) mass is 360 g/mol. The lowest BCUT2D eigenvalue weighted by atomic mass is 9.96. The summed E-state index contributed by atoms with van der Waals surface area (Å²) in [6, 6.07) is 17.3. The maximum absolute atomic E-state index is 12.4. The van der Waals surface area contributed by atoms with E-state index in [9.17, 15) is 9.59 Å². The summed E-state index contributed by atoms with van der Waals surface area (Å²) in [5.41, 5.74) is 5.12. The summed E-state index contributed by atoms with van der Waals surface area (Å²) in [5, 5.41) is 7.44. The molecule has 3 aromatic rings. The van der Waals surface area contributed by atoms with E-state index in [0.717, 1.165) is 27.5 Å². The van der Waals surface area contributed by atoms with Gasteiger partial charge in [0.15, 0.2) is 0 Å². The molecular formula is C23H24N2O2. The van der Waals surface area contributed by atoms with Crippen LogP contribution in [0.2, 0.25) is 0 Å². The average Bonchev–Trinajstić information content (AvgIpc) is 2.64. The minimum absolute atomic E-state index is 0.255. The van der Waals surface area contributed by atoms with Crippen LogP contribution in [-0.4, -0.2) is 11.8 Å². The van der Waals surface area contributed by atoms with Crippen LogP contribution in [0.15, 0.2) is 54.6 Å². The van der Waals surface area contributed by atoms with Crippen LogP contribution in [0.5, 0.6) is 0 Å². The summed E-state index contributed by atoms with van der Waals surface area (Å²) in [7, 11) is 0. The van der Waals surface area contributed by atoms with Crippen LogP contribution in [0.25, 0.3) is 10.8 Å². The first kappa shape index (κ1) is 18.6. The van der Waals surface area contributed by atoms with Crippen molar-refractivity contribution in [2.45, 2.75) is 33.7 Å². The quantitative estimate of drug-likeness (QED) is 0.672. The summed E-state index contributed by atoms with van der Waals surface area (Å²) in [5.74, 6) is -1.31. The molecule has 3 rings (SSSR count). The van der Waals surface area contributed by atoms with Gasteiger partial charge in [-0.1, -0.05) is 48.5 Å². The fraction of sp³-hybridized carbons (Fsp3) is 0.217. The lowest BCUT2D eigenvalue weighted by Gasteiger charge is -2.18. The van der Waals surface area contributed by atoms with Crippen molar-refractivity contribution in [3.8, 4) is 0 Å². The van der Waals surface area contributed by atoms with Gasteiger partial charge in [-0.25, -0.2) is 0 Å². The lowest BCUT2D eigenvalue weighted by Crippen LogP contribution is -2.37. The fourth-order valence-electron chi connectivity index (χ4n) is 3.30. The van der Waals surface area contributed by atoms with E-state index in [2.05, 4.69) is 29.7 Å². The molecule has 0 aliphatic heterocycles. The second kappa shape index (κ2) is 7.62. The van der Waals surface area contributed by atoms with Gasteiger partial charge in [-0.15, -0.1) is 0 Å². The van der Waals surface area contributed by atoms with Crippen LogP contribution in [0.1, 0.15) is 35.2 Å². The smallest absolute Gasteiger partial charge is 0.313 e. The van der Waals surface area contributed by atoms with Gasteiger partial charge in [0.1, 0.15) is 0 Å². The number of carbonyl (C=O) groups excluding carboxylic acids is 2. The van der Waals surface area contributed by atoms with Gasteiger partial charge >= 0.3 is 11.8 Å². The summed E-state index contributed by atoms with van der Waals surface area (Å²) in [4.78, 5) is 24.8. The van der Waals surface area contributed by atoms with Gasteiger partial charge in [0.05, 0.1) is 6.04 Å². The molecular weight excluding hydrogens is 336 g/mol.